The lowest BCUT2D eigenvalue weighted by Gasteiger charge is -2.03. The molecule has 0 aliphatic heterocycles. The molecule has 6 nitrogen and oxygen atoms in total. The smallest absolute Gasteiger partial charge is 0.341 e. The number of ether oxygens (including phenoxy) is 2. The van der Waals surface area contributed by atoms with Gasteiger partial charge in [0.05, 0.1) is 12.7 Å². The molecule has 0 radical (unpaired) electrons. The molecule has 0 aliphatic carbocycles. The van der Waals surface area contributed by atoms with E-state index in [9.17, 15) is 9.18 Å². The monoisotopic (exact) mass is 406 g/mol. The third-order valence-electron chi connectivity index (χ3n) is 3.27. The molecule has 0 bridgehead atoms. The highest BCUT2D eigenvalue weighted by Crippen LogP contribution is 2.21. The fourth-order valence-corrected chi connectivity index (χ4v) is 2.39. The van der Waals surface area contributed by atoms with Crippen LogP contribution >= 0.6 is 15.9 Å². The molecule has 0 unspecified atom stereocenters. The van der Waals surface area contributed by atoms with Crippen LogP contribution in [0.15, 0.2) is 51.5 Å². The molecular weight excluding hydrogens is 395 g/mol. The van der Waals surface area contributed by atoms with Crippen molar-refractivity contribution in [3.8, 4) is 17.1 Å². The number of hydrogen-bond donors (Lipinski definition) is 0. The van der Waals surface area contributed by atoms with E-state index in [-0.39, 0.29) is 18.1 Å². The Morgan fingerprint density at radius 3 is 2.88 bits per heavy atom. The zero-order valence-electron chi connectivity index (χ0n) is 13.0. The van der Waals surface area contributed by atoms with Crippen molar-refractivity contribution in [2.45, 2.75) is 6.61 Å². The number of esters is 1. The van der Waals surface area contributed by atoms with Crippen LogP contribution in [0.3, 0.4) is 0 Å². The van der Waals surface area contributed by atoms with Gasteiger partial charge in [0.25, 0.3) is 5.89 Å². The molecule has 0 saturated carbocycles. The predicted molar refractivity (Wildman–Crippen MR) is 89.5 cm³/mol. The molecule has 3 aromatic rings. The molecule has 1 aromatic heterocycles. The Kier molecular flexibility index (Phi) is 5.08. The molecule has 0 amide bonds. The number of carbonyl (C=O) groups is 1. The number of halogens is 2. The number of carbonyl (C=O) groups excluding carboxylic acids is 1. The van der Waals surface area contributed by atoms with Gasteiger partial charge in [-0.1, -0.05) is 33.2 Å². The summed E-state index contributed by atoms with van der Waals surface area (Å²) in [5, 5.41) is 3.83. The van der Waals surface area contributed by atoms with Crippen molar-refractivity contribution >= 4 is 21.9 Å². The zero-order valence-corrected chi connectivity index (χ0v) is 14.6. The van der Waals surface area contributed by atoms with E-state index in [4.69, 9.17) is 14.0 Å². The van der Waals surface area contributed by atoms with Gasteiger partial charge >= 0.3 is 5.97 Å². The Morgan fingerprint density at radius 1 is 1.28 bits per heavy atom. The quantitative estimate of drug-likeness (QED) is 0.596. The molecule has 0 fully saturated rings. The molecule has 0 N–H and O–H groups in total. The highest BCUT2D eigenvalue weighted by Gasteiger charge is 2.16. The van der Waals surface area contributed by atoms with Gasteiger partial charge in [-0.15, -0.1) is 0 Å². The van der Waals surface area contributed by atoms with Gasteiger partial charge in [0, 0.05) is 10.0 Å². The Labute approximate surface area is 150 Å². The second-order valence-electron chi connectivity index (χ2n) is 4.94. The number of methoxy groups -OCH3 is 1. The van der Waals surface area contributed by atoms with Crippen molar-refractivity contribution in [3.63, 3.8) is 0 Å². The second kappa shape index (κ2) is 7.43. The summed E-state index contributed by atoms with van der Waals surface area (Å²) in [4.78, 5) is 16.1. The standard InChI is InChI=1S/C17H12BrFN2O4/c1-23-12-4-2-3-10(7-12)16-20-15(25-21-16)9-24-17(22)13-6-5-11(18)8-14(13)19/h2-8H,9H2,1H3. The largest absolute Gasteiger partial charge is 0.497 e. The Hall–Kier alpha value is -2.74. The summed E-state index contributed by atoms with van der Waals surface area (Å²) in [7, 11) is 1.56. The molecule has 25 heavy (non-hydrogen) atoms. The average molecular weight is 407 g/mol. The van der Waals surface area contributed by atoms with Crippen LogP contribution in [0.1, 0.15) is 16.2 Å². The zero-order chi connectivity index (χ0) is 17.8. The number of nitrogens with zero attached hydrogens (tertiary/aromatic N) is 2. The molecule has 3 rings (SSSR count). The Balaban J connectivity index is 1.68. The lowest BCUT2D eigenvalue weighted by molar-refractivity contribution is 0.0424. The highest BCUT2D eigenvalue weighted by molar-refractivity contribution is 9.10. The summed E-state index contributed by atoms with van der Waals surface area (Å²) in [6, 6.07) is 11.2. The fraction of sp³-hybridized carbons (Fsp3) is 0.118. The van der Waals surface area contributed by atoms with E-state index in [0.29, 0.717) is 21.6 Å². The van der Waals surface area contributed by atoms with E-state index >= 15 is 0 Å². The van der Waals surface area contributed by atoms with Gasteiger partial charge < -0.3 is 14.0 Å². The van der Waals surface area contributed by atoms with Crippen molar-refractivity contribution in [2.24, 2.45) is 0 Å². The summed E-state index contributed by atoms with van der Waals surface area (Å²) in [6.07, 6.45) is 0. The molecule has 0 saturated heterocycles. The van der Waals surface area contributed by atoms with Gasteiger partial charge in [0.2, 0.25) is 5.82 Å². The minimum absolute atomic E-state index is 0.101. The van der Waals surface area contributed by atoms with Gasteiger partial charge in [0.1, 0.15) is 11.6 Å². The van der Waals surface area contributed by atoms with Gasteiger partial charge in [-0.3, -0.25) is 0 Å². The van der Waals surface area contributed by atoms with Gasteiger partial charge in [0.15, 0.2) is 6.61 Å². The first kappa shape index (κ1) is 17.1. The first-order valence-corrected chi connectivity index (χ1v) is 7.95. The average Bonchev–Trinajstić information content (AvgIpc) is 3.09. The molecule has 2 aromatic carbocycles. The maximum absolute atomic E-state index is 13.7. The SMILES string of the molecule is COc1cccc(-c2noc(COC(=O)c3ccc(Br)cc3F)n2)c1. The van der Waals surface area contributed by atoms with Crippen LogP contribution in [0.5, 0.6) is 5.75 Å². The minimum atomic E-state index is -0.814. The molecular formula is C17H12BrFN2O4. The van der Waals surface area contributed by atoms with Gasteiger partial charge in [-0.25, -0.2) is 9.18 Å². The van der Waals surface area contributed by atoms with Crippen LogP contribution in [0.2, 0.25) is 0 Å². The summed E-state index contributed by atoms with van der Waals surface area (Å²) in [5.41, 5.74) is 0.523. The molecule has 0 aliphatic rings. The number of hydrogen-bond acceptors (Lipinski definition) is 6. The van der Waals surface area contributed by atoms with Crippen LogP contribution in [0.25, 0.3) is 11.4 Å². The van der Waals surface area contributed by atoms with Crippen LogP contribution in [-0.2, 0) is 11.3 Å². The van der Waals surface area contributed by atoms with E-state index < -0.39 is 11.8 Å². The fourth-order valence-electron chi connectivity index (χ4n) is 2.05. The van der Waals surface area contributed by atoms with Gasteiger partial charge in [-0.2, -0.15) is 4.98 Å². The second-order valence-corrected chi connectivity index (χ2v) is 5.86. The Bertz CT molecular complexity index is 913. The summed E-state index contributed by atoms with van der Waals surface area (Å²) in [5.74, 6) is -0.405. The number of aromatic nitrogens is 2. The number of rotatable bonds is 5. The summed E-state index contributed by atoms with van der Waals surface area (Å²) < 4.78 is 29.5. The van der Waals surface area contributed by atoms with E-state index in [1.807, 2.05) is 0 Å². The van der Waals surface area contributed by atoms with Crippen molar-refractivity contribution < 1.29 is 23.2 Å². The number of benzene rings is 2. The first-order valence-electron chi connectivity index (χ1n) is 7.16. The van der Waals surface area contributed by atoms with Gasteiger partial charge in [-0.05, 0) is 30.3 Å². The lowest BCUT2D eigenvalue weighted by atomic mass is 10.2. The van der Waals surface area contributed by atoms with E-state index in [2.05, 4.69) is 26.1 Å². The molecule has 8 heteroatoms. The molecule has 1 heterocycles. The third-order valence-corrected chi connectivity index (χ3v) is 3.77. The normalized spacial score (nSPS) is 10.5. The van der Waals surface area contributed by atoms with Crippen LogP contribution in [-0.4, -0.2) is 23.2 Å². The predicted octanol–water partition coefficient (Wildman–Crippen LogP) is 4.00. The molecule has 0 spiro atoms. The molecule has 128 valence electrons. The van der Waals surface area contributed by atoms with E-state index in [1.54, 1.807) is 37.4 Å². The van der Waals surface area contributed by atoms with Crippen LogP contribution < -0.4 is 4.74 Å². The van der Waals surface area contributed by atoms with Crippen LogP contribution in [0.4, 0.5) is 4.39 Å². The Morgan fingerprint density at radius 2 is 2.12 bits per heavy atom. The summed E-state index contributed by atoms with van der Waals surface area (Å²) >= 11 is 3.12. The van der Waals surface area contributed by atoms with Crippen molar-refractivity contribution in [2.75, 3.05) is 7.11 Å². The topological polar surface area (TPSA) is 74.5 Å². The first-order chi connectivity index (χ1) is 12.1. The molecule has 0 atom stereocenters. The lowest BCUT2D eigenvalue weighted by Crippen LogP contribution is -2.07. The van der Waals surface area contributed by atoms with Crippen molar-refractivity contribution in [1.82, 2.24) is 10.1 Å². The highest BCUT2D eigenvalue weighted by atomic mass is 79.9. The summed E-state index contributed by atoms with van der Waals surface area (Å²) in [6.45, 7) is -0.259. The minimum Gasteiger partial charge on any atom is -0.497 e. The van der Waals surface area contributed by atoms with Crippen LogP contribution in [0, 0.1) is 5.82 Å². The van der Waals surface area contributed by atoms with E-state index in [1.165, 1.54) is 12.1 Å². The third kappa shape index (κ3) is 4.03. The van der Waals surface area contributed by atoms with Crippen molar-refractivity contribution in [1.29, 1.82) is 0 Å². The maximum atomic E-state index is 13.7. The van der Waals surface area contributed by atoms with E-state index in [0.717, 1.165) is 0 Å². The van der Waals surface area contributed by atoms with Crippen molar-refractivity contribution in [3.05, 3.63) is 64.2 Å². The maximum Gasteiger partial charge on any atom is 0.341 e.